The van der Waals surface area contributed by atoms with Gasteiger partial charge < -0.3 is 15.7 Å². The Balaban J connectivity index is 2.50. The molecule has 0 amide bonds. The largest absolute Gasteiger partial charge is 0.395 e. The first-order valence-electron chi connectivity index (χ1n) is 7.67. The number of aliphatic hydroxyl groups is 1. The molecule has 108 valence electrons. The molecule has 0 heterocycles. The second kappa shape index (κ2) is 8.13. The van der Waals surface area contributed by atoms with Crippen LogP contribution in [0.4, 0.5) is 0 Å². The van der Waals surface area contributed by atoms with Crippen molar-refractivity contribution in [1.82, 2.24) is 4.90 Å². The van der Waals surface area contributed by atoms with Crippen molar-refractivity contribution in [2.45, 2.75) is 52.5 Å². The zero-order valence-electron chi connectivity index (χ0n) is 12.4. The van der Waals surface area contributed by atoms with Gasteiger partial charge >= 0.3 is 0 Å². The first-order valence-corrected chi connectivity index (χ1v) is 7.67. The fourth-order valence-electron chi connectivity index (χ4n) is 3.22. The molecule has 1 saturated carbocycles. The van der Waals surface area contributed by atoms with E-state index in [4.69, 9.17) is 10.8 Å². The van der Waals surface area contributed by atoms with Gasteiger partial charge in [0.2, 0.25) is 0 Å². The van der Waals surface area contributed by atoms with Crippen LogP contribution in [-0.2, 0) is 0 Å². The summed E-state index contributed by atoms with van der Waals surface area (Å²) in [5.74, 6) is 2.23. The standard InChI is InChI=1S/C15H32N2O/c1-4-7-17(8-9-18)11-14-10-13(12(2)3)5-6-15(14)16/h12-15,18H,4-11,16H2,1-3H3. The summed E-state index contributed by atoms with van der Waals surface area (Å²) in [7, 11) is 0. The minimum absolute atomic E-state index is 0.259. The van der Waals surface area contributed by atoms with Crippen molar-refractivity contribution in [2.24, 2.45) is 23.5 Å². The summed E-state index contributed by atoms with van der Waals surface area (Å²) < 4.78 is 0. The Labute approximate surface area is 113 Å². The van der Waals surface area contributed by atoms with Gasteiger partial charge in [-0.3, -0.25) is 0 Å². The highest BCUT2D eigenvalue weighted by Crippen LogP contribution is 2.33. The number of nitrogens with zero attached hydrogens (tertiary/aromatic N) is 1. The van der Waals surface area contributed by atoms with Crippen LogP contribution in [-0.4, -0.2) is 42.3 Å². The number of nitrogens with two attached hydrogens (primary N) is 1. The van der Waals surface area contributed by atoms with E-state index in [1.807, 2.05) is 0 Å². The topological polar surface area (TPSA) is 49.5 Å². The van der Waals surface area contributed by atoms with Crippen molar-refractivity contribution in [3.8, 4) is 0 Å². The van der Waals surface area contributed by atoms with E-state index < -0.39 is 0 Å². The van der Waals surface area contributed by atoms with Gasteiger partial charge in [-0.05, 0) is 50.0 Å². The molecule has 3 heteroatoms. The molecule has 0 bridgehead atoms. The lowest BCUT2D eigenvalue weighted by Gasteiger charge is -2.38. The summed E-state index contributed by atoms with van der Waals surface area (Å²) in [5, 5.41) is 9.13. The van der Waals surface area contributed by atoms with Crippen LogP contribution in [0.25, 0.3) is 0 Å². The SMILES string of the molecule is CCCN(CCO)CC1CC(C(C)C)CCC1N. The fraction of sp³-hybridized carbons (Fsp3) is 1.00. The lowest BCUT2D eigenvalue weighted by atomic mass is 9.73. The Morgan fingerprint density at radius 3 is 2.56 bits per heavy atom. The van der Waals surface area contributed by atoms with E-state index in [-0.39, 0.29) is 6.61 Å². The zero-order valence-corrected chi connectivity index (χ0v) is 12.4. The molecule has 0 radical (unpaired) electrons. The van der Waals surface area contributed by atoms with E-state index in [0.717, 1.165) is 37.9 Å². The third kappa shape index (κ3) is 4.87. The Hall–Kier alpha value is -0.120. The quantitative estimate of drug-likeness (QED) is 0.733. The molecule has 3 nitrogen and oxygen atoms in total. The van der Waals surface area contributed by atoms with Crippen LogP contribution in [0, 0.1) is 17.8 Å². The van der Waals surface area contributed by atoms with E-state index in [9.17, 15) is 0 Å². The van der Waals surface area contributed by atoms with Gasteiger partial charge in [-0.25, -0.2) is 0 Å². The second-order valence-corrected chi connectivity index (χ2v) is 6.27. The molecule has 0 spiro atoms. The summed E-state index contributed by atoms with van der Waals surface area (Å²) in [6, 6.07) is 0.359. The van der Waals surface area contributed by atoms with Gasteiger partial charge in [0.25, 0.3) is 0 Å². The first kappa shape index (κ1) is 15.9. The van der Waals surface area contributed by atoms with Gasteiger partial charge in [0.05, 0.1) is 6.61 Å². The Bertz CT molecular complexity index is 215. The molecule has 1 fully saturated rings. The Morgan fingerprint density at radius 1 is 1.28 bits per heavy atom. The van der Waals surface area contributed by atoms with Gasteiger partial charge in [0.1, 0.15) is 0 Å². The van der Waals surface area contributed by atoms with Crippen LogP contribution in [0.3, 0.4) is 0 Å². The molecule has 1 aliphatic carbocycles. The van der Waals surface area contributed by atoms with Gasteiger partial charge in [0.15, 0.2) is 0 Å². The lowest BCUT2D eigenvalue weighted by Crippen LogP contribution is -2.44. The minimum Gasteiger partial charge on any atom is -0.395 e. The third-order valence-corrected chi connectivity index (χ3v) is 4.47. The summed E-state index contributed by atoms with van der Waals surface area (Å²) in [5.41, 5.74) is 6.29. The predicted molar refractivity (Wildman–Crippen MR) is 77.5 cm³/mol. The smallest absolute Gasteiger partial charge is 0.0558 e. The highest BCUT2D eigenvalue weighted by atomic mass is 16.3. The Morgan fingerprint density at radius 2 is 2.00 bits per heavy atom. The van der Waals surface area contributed by atoms with Crippen LogP contribution in [0.2, 0.25) is 0 Å². The van der Waals surface area contributed by atoms with Gasteiger partial charge in [-0.2, -0.15) is 0 Å². The van der Waals surface area contributed by atoms with Crippen LogP contribution in [0.1, 0.15) is 46.5 Å². The molecule has 0 aromatic carbocycles. The molecule has 0 saturated heterocycles. The van der Waals surface area contributed by atoms with Crippen molar-refractivity contribution < 1.29 is 5.11 Å². The molecule has 1 aliphatic rings. The summed E-state index contributed by atoms with van der Waals surface area (Å²) in [4.78, 5) is 2.38. The number of rotatable bonds is 7. The van der Waals surface area contributed by atoms with Crippen LogP contribution >= 0.6 is 0 Å². The normalized spacial score (nSPS) is 29.2. The van der Waals surface area contributed by atoms with Crippen molar-refractivity contribution in [3.05, 3.63) is 0 Å². The van der Waals surface area contributed by atoms with Crippen molar-refractivity contribution >= 4 is 0 Å². The van der Waals surface area contributed by atoms with Crippen molar-refractivity contribution in [1.29, 1.82) is 0 Å². The molecule has 18 heavy (non-hydrogen) atoms. The Kier molecular flexibility index (Phi) is 7.20. The predicted octanol–water partition coefficient (Wildman–Crippen LogP) is 2.09. The van der Waals surface area contributed by atoms with Crippen LogP contribution < -0.4 is 5.73 Å². The highest BCUT2D eigenvalue weighted by molar-refractivity contribution is 4.85. The highest BCUT2D eigenvalue weighted by Gasteiger charge is 2.30. The van der Waals surface area contributed by atoms with Crippen LogP contribution in [0.15, 0.2) is 0 Å². The van der Waals surface area contributed by atoms with E-state index >= 15 is 0 Å². The zero-order chi connectivity index (χ0) is 13.5. The summed E-state index contributed by atoms with van der Waals surface area (Å²) >= 11 is 0. The summed E-state index contributed by atoms with van der Waals surface area (Å²) in [6.07, 6.45) is 4.88. The van der Waals surface area contributed by atoms with Gasteiger partial charge in [-0.1, -0.05) is 20.8 Å². The van der Waals surface area contributed by atoms with E-state index in [2.05, 4.69) is 25.7 Å². The molecule has 1 rings (SSSR count). The second-order valence-electron chi connectivity index (χ2n) is 6.27. The fourth-order valence-corrected chi connectivity index (χ4v) is 3.22. The van der Waals surface area contributed by atoms with Gasteiger partial charge in [-0.15, -0.1) is 0 Å². The molecule has 0 aromatic heterocycles. The van der Waals surface area contributed by atoms with Crippen molar-refractivity contribution in [3.63, 3.8) is 0 Å². The summed E-state index contributed by atoms with van der Waals surface area (Å²) in [6.45, 7) is 10.1. The third-order valence-electron chi connectivity index (χ3n) is 4.47. The van der Waals surface area contributed by atoms with Crippen molar-refractivity contribution in [2.75, 3.05) is 26.2 Å². The average Bonchev–Trinajstić information content (AvgIpc) is 2.32. The maximum absolute atomic E-state index is 9.13. The maximum Gasteiger partial charge on any atom is 0.0558 e. The molecular formula is C15H32N2O. The number of aliphatic hydroxyl groups excluding tert-OH is 1. The van der Waals surface area contributed by atoms with E-state index in [1.54, 1.807) is 0 Å². The minimum atomic E-state index is 0.259. The molecule has 3 unspecified atom stereocenters. The van der Waals surface area contributed by atoms with Gasteiger partial charge in [0, 0.05) is 19.1 Å². The molecular weight excluding hydrogens is 224 g/mol. The van der Waals surface area contributed by atoms with Crippen LogP contribution in [0.5, 0.6) is 0 Å². The monoisotopic (exact) mass is 256 g/mol. The molecule has 3 N–H and O–H groups in total. The van der Waals surface area contributed by atoms with E-state index in [0.29, 0.717) is 12.0 Å². The maximum atomic E-state index is 9.13. The lowest BCUT2D eigenvalue weighted by molar-refractivity contribution is 0.121. The molecule has 3 atom stereocenters. The first-order chi connectivity index (χ1) is 8.58. The molecule has 0 aromatic rings. The van der Waals surface area contributed by atoms with E-state index in [1.165, 1.54) is 19.3 Å². The molecule has 0 aliphatic heterocycles. The average molecular weight is 256 g/mol. The number of hydrogen-bond acceptors (Lipinski definition) is 3. The number of hydrogen-bond donors (Lipinski definition) is 2.